The molecule has 0 heterocycles. The molecule has 1 aromatic rings. The fourth-order valence-electron chi connectivity index (χ4n) is 1.01. The molecule has 6 heteroatoms. The number of halogens is 4. The van der Waals surface area contributed by atoms with Crippen LogP contribution in [0.2, 0.25) is 13.1 Å². The van der Waals surface area contributed by atoms with Crippen molar-refractivity contribution in [3.63, 3.8) is 0 Å². The Morgan fingerprint density at radius 2 is 2.00 bits per heavy atom. The zero-order valence-electron chi connectivity index (χ0n) is 8.15. The van der Waals surface area contributed by atoms with Gasteiger partial charge in [-0.1, -0.05) is 6.07 Å². The van der Waals surface area contributed by atoms with E-state index < -0.39 is 19.7 Å². The van der Waals surface area contributed by atoms with Gasteiger partial charge in [-0.05, 0) is 35.1 Å². The lowest BCUT2D eigenvalue weighted by atomic mass is 10.2. The van der Waals surface area contributed by atoms with E-state index in [0.717, 1.165) is 0 Å². The summed E-state index contributed by atoms with van der Waals surface area (Å²) in [6, 6.07) is 2.84. The molecule has 0 saturated heterocycles. The molecule has 0 aliphatic carbocycles. The number of hydrogen-bond donors (Lipinski definition) is 0. The molecule has 1 aromatic carbocycles. The van der Waals surface area contributed by atoms with Crippen molar-refractivity contribution in [3.8, 4) is 5.75 Å². The summed E-state index contributed by atoms with van der Waals surface area (Å²) in [7, 11) is -1.03. The van der Waals surface area contributed by atoms with Gasteiger partial charge in [-0.3, -0.25) is 0 Å². The summed E-state index contributed by atoms with van der Waals surface area (Å²) in [5.74, 6) is -0.219. The SMILES string of the molecule is C[Si](C)Oc1c(F)ccc(C(Cl)Cl)c1Br. The van der Waals surface area contributed by atoms with Gasteiger partial charge in [0.2, 0.25) is 0 Å². The quantitative estimate of drug-likeness (QED) is 0.577. The summed E-state index contributed by atoms with van der Waals surface area (Å²) in [4.78, 5) is -0.702. The van der Waals surface area contributed by atoms with E-state index in [4.69, 9.17) is 27.6 Å². The molecule has 0 atom stereocenters. The second-order valence-corrected chi connectivity index (χ2v) is 7.00. The summed E-state index contributed by atoms with van der Waals surface area (Å²) in [5.41, 5.74) is 0.609. The van der Waals surface area contributed by atoms with Crippen LogP contribution < -0.4 is 4.43 Å². The molecule has 0 saturated carbocycles. The van der Waals surface area contributed by atoms with Crippen molar-refractivity contribution in [2.75, 3.05) is 0 Å². The van der Waals surface area contributed by atoms with Gasteiger partial charge in [0.25, 0.3) is 9.04 Å². The average Bonchev–Trinajstić information content (AvgIpc) is 2.11. The Hall–Kier alpha value is 0.227. The summed E-state index contributed by atoms with van der Waals surface area (Å²) in [5, 5.41) is 0. The van der Waals surface area contributed by atoms with Gasteiger partial charge in [0.05, 0.1) is 4.47 Å². The molecule has 0 spiro atoms. The van der Waals surface area contributed by atoms with Crippen LogP contribution in [0.1, 0.15) is 10.4 Å². The minimum Gasteiger partial charge on any atom is -0.540 e. The lowest BCUT2D eigenvalue weighted by Gasteiger charge is -2.14. The minimum absolute atomic E-state index is 0.192. The largest absolute Gasteiger partial charge is 0.540 e. The van der Waals surface area contributed by atoms with Crippen LogP contribution in [-0.4, -0.2) is 9.04 Å². The summed E-state index contributed by atoms with van der Waals surface area (Å²) < 4.78 is 19.3. The maximum atomic E-state index is 13.4. The van der Waals surface area contributed by atoms with Crippen molar-refractivity contribution in [2.24, 2.45) is 0 Å². The third-order valence-corrected chi connectivity index (χ3v) is 3.52. The molecule has 1 rings (SSSR count). The smallest absolute Gasteiger partial charge is 0.274 e. The van der Waals surface area contributed by atoms with Gasteiger partial charge in [0.15, 0.2) is 11.6 Å². The Kier molecular flexibility index (Phi) is 4.90. The lowest BCUT2D eigenvalue weighted by molar-refractivity contribution is 0.505. The second kappa shape index (κ2) is 5.52. The predicted octanol–water partition coefficient (Wildman–Crippen LogP) is 4.69. The predicted molar refractivity (Wildman–Crippen MR) is 66.7 cm³/mol. The van der Waals surface area contributed by atoms with Gasteiger partial charge < -0.3 is 4.43 Å². The molecular weight excluding hydrogens is 322 g/mol. The first-order chi connectivity index (χ1) is 6.93. The van der Waals surface area contributed by atoms with Crippen LogP contribution in [0.5, 0.6) is 5.75 Å². The molecule has 0 amide bonds. The molecule has 0 aliphatic heterocycles. The molecular formula is C9H9BrCl2FOSi. The first-order valence-electron chi connectivity index (χ1n) is 4.17. The van der Waals surface area contributed by atoms with E-state index in [1.807, 2.05) is 13.1 Å². The van der Waals surface area contributed by atoms with E-state index in [1.165, 1.54) is 12.1 Å². The molecule has 0 aromatic heterocycles. The van der Waals surface area contributed by atoms with Gasteiger partial charge in [-0.2, -0.15) is 0 Å². The van der Waals surface area contributed by atoms with Crippen LogP contribution >= 0.6 is 39.1 Å². The molecule has 0 aliphatic rings. The Bertz CT molecular complexity index is 360. The highest BCUT2D eigenvalue weighted by Gasteiger charge is 2.17. The summed E-state index contributed by atoms with van der Waals surface area (Å²) >= 11 is 14.7. The highest BCUT2D eigenvalue weighted by molar-refractivity contribution is 9.10. The van der Waals surface area contributed by atoms with Crippen molar-refractivity contribution in [1.82, 2.24) is 0 Å². The highest BCUT2D eigenvalue weighted by atomic mass is 79.9. The third-order valence-electron chi connectivity index (χ3n) is 1.62. The molecule has 0 N–H and O–H groups in total. The maximum Gasteiger partial charge on any atom is 0.274 e. The van der Waals surface area contributed by atoms with Gasteiger partial charge >= 0.3 is 0 Å². The average molecular weight is 331 g/mol. The Morgan fingerprint density at radius 1 is 1.40 bits per heavy atom. The normalized spacial score (nSPS) is 11.2. The van der Waals surface area contributed by atoms with E-state index >= 15 is 0 Å². The van der Waals surface area contributed by atoms with Gasteiger partial charge in [0.1, 0.15) is 4.84 Å². The van der Waals surface area contributed by atoms with Gasteiger partial charge in [-0.15, -0.1) is 23.2 Å². The fraction of sp³-hybridized carbons (Fsp3) is 0.333. The molecule has 0 fully saturated rings. The van der Waals surface area contributed by atoms with E-state index in [9.17, 15) is 4.39 Å². The first kappa shape index (κ1) is 13.3. The van der Waals surface area contributed by atoms with Crippen molar-refractivity contribution in [1.29, 1.82) is 0 Å². The standard InChI is InChI=1S/C9H9BrCl2FOSi/c1-15(2)14-8-6(13)4-3-5(7(8)10)9(11)12/h3-4,9H,1-2H3. The molecule has 0 bridgehead atoms. The summed E-state index contributed by atoms with van der Waals surface area (Å²) in [6.07, 6.45) is 0. The number of alkyl halides is 2. The van der Waals surface area contributed by atoms with Crippen LogP contribution in [0.25, 0.3) is 0 Å². The van der Waals surface area contributed by atoms with E-state index in [1.54, 1.807) is 0 Å². The second-order valence-electron chi connectivity index (χ2n) is 3.09. The van der Waals surface area contributed by atoms with E-state index in [-0.39, 0.29) is 5.75 Å². The Labute approximate surface area is 108 Å². The first-order valence-corrected chi connectivity index (χ1v) is 8.25. The number of hydrogen-bond acceptors (Lipinski definition) is 1. The molecule has 1 nitrogen and oxygen atoms in total. The molecule has 15 heavy (non-hydrogen) atoms. The number of rotatable bonds is 3. The van der Waals surface area contributed by atoms with E-state index in [0.29, 0.717) is 10.0 Å². The van der Waals surface area contributed by atoms with Crippen molar-refractivity contribution >= 4 is 48.2 Å². The Balaban J connectivity index is 3.18. The molecule has 1 radical (unpaired) electrons. The van der Waals surface area contributed by atoms with Crippen molar-refractivity contribution in [2.45, 2.75) is 17.9 Å². The monoisotopic (exact) mass is 329 g/mol. The van der Waals surface area contributed by atoms with Gasteiger partial charge in [-0.25, -0.2) is 4.39 Å². The zero-order valence-corrected chi connectivity index (χ0v) is 12.3. The van der Waals surface area contributed by atoms with Crippen LogP contribution in [0, 0.1) is 5.82 Å². The van der Waals surface area contributed by atoms with Crippen LogP contribution in [0.3, 0.4) is 0 Å². The topological polar surface area (TPSA) is 9.23 Å². The van der Waals surface area contributed by atoms with E-state index in [2.05, 4.69) is 15.9 Å². The lowest BCUT2D eigenvalue weighted by Crippen LogP contribution is -2.13. The zero-order chi connectivity index (χ0) is 11.6. The van der Waals surface area contributed by atoms with Crippen LogP contribution in [0.15, 0.2) is 16.6 Å². The highest BCUT2D eigenvalue weighted by Crippen LogP contribution is 2.38. The summed E-state index contributed by atoms with van der Waals surface area (Å²) in [6.45, 7) is 3.84. The van der Waals surface area contributed by atoms with Gasteiger partial charge in [0, 0.05) is 5.56 Å². The third kappa shape index (κ3) is 3.34. The minimum atomic E-state index is -1.03. The molecule has 83 valence electrons. The number of benzene rings is 1. The van der Waals surface area contributed by atoms with Crippen LogP contribution in [-0.2, 0) is 0 Å². The van der Waals surface area contributed by atoms with Crippen molar-refractivity contribution in [3.05, 3.63) is 28.0 Å². The van der Waals surface area contributed by atoms with Crippen LogP contribution in [0.4, 0.5) is 4.39 Å². The fourth-order valence-corrected chi connectivity index (χ4v) is 3.03. The molecule has 0 unspecified atom stereocenters. The Morgan fingerprint density at radius 3 is 2.47 bits per heavy atom. The maximum absolute atomic E-state index is 13.4. The van der Waals surface area contributed by atoms with Crippen molar-refractivity contribution < 1.29 is 8.82 Å².